The van der Waals surface area contributed by atoms with Gasteiger partial charge in [0.1, 0.15) is 5.82 Å². The molecule has 0 spiro atoms. The van der Waals surface area contributed by atoms with Crippen molar-refractivity contribution in [1.29, 1.82) is 0 Å². The molecule has 1 unspecified atom stereocenters. The van der Waals surface area contributed by atoms with E-state index in [0.29, 0.717) is 0 Å². The van der Waals surface area contributed by atoms with Gasteiger partial charge in [0.2, 0.25) is 0 Å². The lowest BCUT2D eigenvalue weighted by Crippen LogP contribution is -2.16. The average molecular weight is 302 g/mol. The monoisotopic (exact) mass is 301 g/mol. The molecular formula is C16H13ClFN3. The van der Waals surface area contributed by atoms with Crippen LogP contribution in [0.25, 0.3) is 5.69 Å². The third kappa shape index (κ3) is 2.68. The van der Waals surface area contributed by atoms with E-state index in [9.17, 15) is 4.39 Å². The van der Waals surface area contributed by atoms with Gasteiger partial charge in [0.25, 0.3) is 0 Å². The Kier molecular flexibility index (Phi) is 3.73. The Balaban J connectivity index is 2.01. The number of aromatic nitrogens is 2. The quantitative estimate of drug-likeness (QED) is 0.801. The molecule has 0 bridgehead atoms. The van der Waals surface area contributed by atoms with E-state index in [-0.39, 0.29) is 5.02 Å². The Morgan fingerprint density at radius 2 is 1.86 bits per heavy atom. The lowest BCUT2D eigenvalue weighted by molar-refractivity contribution is 0.626. The summed E-state index contributed by atoms with van der Waals surface area (Å²) in [5.74, 6) is -0.454. The van der Waals surface area contributed by atoms with E-state index in [0.717, 1.165) is 16.9 Å². The van der Waals surface area contributed by atoms with Crippen LogP contribution in [0.15, 0.2) is 60.8 Å². The third-order valence-corrected chi connectivity index (χ3v) is 3.58. The van der Waals surface area contributed by atoms with Crippen LogP contribution in [-0.2, 0) is 0 Å². The first-order valence-electron chi connectivity index (χ1n) is 6.46. The van der Waals surface area contributed by atoms with Crippen molar-refractivity contribution in [3.63, 3.8) is 0 Å². The van der Waals surface area contributed by atoms with Gasteiger partial charge >= 0.3 is 0 Å². The summed E-state index contributed by atoms with van der Waals surface area (Å²) in [6, 6.07) is 15.6. The zero-order valence-electron chi connectivity index (χ0n) is 11.1. The number of nitrogens with two attached hydrogens (primary N) is 1. The van der Waals surface area contributed by atoms with E-state index in [1.54, 1.807) is 23.0 Å². The first-order valence-corrected chi connectivity index (χ1v) is 6.84. The maximum atomic E-state index is 13.3. The number of rotatable bonds is 3. The molecule has 3 rings (SSSR count). The van der Waals surface area contributed by atoms with E-state index in [1.165, 1.54) is 6.07 Å². The minimum atomic E-state index is -0.454. The fourth-order valence-corrected chi connectivity index (χ4v) is 2.40. The Bertz CT molecular complexity index is 755. The van der Waals surface area contributed by atoms with Crippen molar-refractivity contribution in [2.45, 2.75) is 6.04 Å². The first kappa shape index (κ1) is 13.8. The molecule has 1 atom stereocenters. The highest BCUT2D eigenvalue weighted by Gasteiger charge is 2.16. The van der Waals surface area contributed by atoms with Gasteiger partial charge in [-0.3, -0.25) is 0 Å². The SMILES string of the molecule is NC(c1ccc(F)c(Cl)c1)c1ccnn1-c1ccccc1. The van der Waals surface area contributed by atoms with Crippen molar-refractivity contribution in [3.8, 4) is 5.69 Å². The Hall–Kier alpha value is -2.17. The van der Waals surface area contributed by atoms with Crippen LogP contribution in [0, 0.1) is 5.82 Å². The minimum absolute atomic E-state index is 0.0636. The molecule has 0 aliphatic heterocycles. The molecule has 1 aromatic heterocycles. The summed E-state index contributed by atoms with van der Waals surface area (Å²) in [4.78, 5) is 0. The minimum Gasteiger partial charge on any atom is -0.319 e. The highest BCUT2D eigenvalue weighted by atomic mass is 35.5. The first-order chi connectivity index (χ1) is 10.2. The van der Waals surface area contributed by atoms with E-state index in [4.69, 9.17) is 17.3 Å². The van der Waals surface area contributed by atoms with Crippen molar-refractivity contribution in [2.24, 2.45) is 5.73 Å². The normalized spacial score (nSPS) is 12.3. The highest BCUT2D eigenvalue weighted by Crippen LogP contribution is 2.25. The summed E-state index contributed by atoms with van der Waals surface area (Å²) in [6.07, 6.45) is 1.69. The second-order valence-corrected chi connectivity index (χ2v) is 5.06. The molecule has 2 aromatic carbocycles. The fraction of sp³-hybridized carbons (Fsp3) is 0.0625. The summed E-state index contributed by atoms with van der Waals surface area (Å²) < 4.78 is 15.0. The van der Waals surface area contributed by atoms with E-state index >= 15 is 0 Å². The van der Waals surface area contributed by atoms with Crippen LogP contribution < -0.4 is 5.73 Å². The van der Waals surface area contributed by atoms with E-state index in [2.05, 4.69) is 5.10 Å². The predicted octanol–water partition coefficient (Wildman–Crippen LogP) is 3.71. The number of hydrogen-bond acceptors (Lipinski definition) is 2. The van der Waals surface area contributed by atoms with Crippen LogP contribution in [0.4, 0.5) is 4.39 Å². The maximum absolute atomic E-state index is 13.3. The number of para-hydroxylation sites is 1. The third-order valence-electron chi connectivity index (χ3n) is 3.29. The standard InChI is InChI=1S/C16H13ClFN3/c17-13-10-11(6-7-14(13)18)16(19)15-8-9-20-21(15)12-4-2-1-3-5-12/h1-10,16H,19H2. The number of hydrogen-bond donors (Lipinski definition) is 1. The predicted molar refractivity (Wildman–Crippen MR) is 81.0 cm³/mol. The molecular weight excluding hydrogens is 289 g/mol. The molecule has 0 aliphatic rings. The van der Waals surface area contributed by atoms with Crippen molar-refractivity contribution in [3.05, 3.63) is 82.9 Å². The number of nitrogens with zero attached hydrogens (tertiary/aromatic N) is 2. The summed E-state index contributed by atoms with van der Waals surface area (Å²) in [6.45, 7) is 0. The topological polar surface area (TPSA) is 43.8 Å². The summed E-state index contributed by atoms with van der Waals surface area (Å²) >= 11 is 5.82. The van der Waals surface area contributed by atoms with Crippen LogP contribution in [0.3, 0.4) is 0 Å². The van der Waals surface area contributed by atoms with Gasteiger partial charge in [-0.25, -0.2) is 9.07 Å². The molecule has 0 fully saturated rings. The zero-order chi connectivity index (χ0) is 14.8. The van der Waals surface area contributed by atoms with Crippen molar-refractivity contribution in [2.75, 3.05) is 0 Å². The molecule has 2 N–H and O–H groups in total. The zero-order valence-corrected chi connectivity index (χ0v) is 11.8. The van der Waals surface area contributed by atoms with Gasteiger partial charge in [0.15, 0.2) is 0 Å². The van der Waals surface area contributed by atoms with Crippen molar-refractivity contribution >= 4 is 11.6 Å². The van der Waals surface area contributed by atoms with Gasteiger partial charge in [0, 0.05) is 6.20 Å². The Morgan fingerprint density at radius 3 is 2.57 bits per heavy atom. The summed E-state index contributed by atoms with van der Waals surface area (Å²) in [5, 5.41) is 4.37. The average Bonchev–Trinajstić information content (AvgIpc) is 2.99. The van der Waals surface area contributed by atoms with Crippen LogP contribution >= 0.6 is 11.6 Å². The Labute approximate surface area is 126 Å². The van der Waals surface area contributed by atoms with Crippen molar-refractivity contribution < 1.29 is 4.39 Å². The van der Waals surface area contributed by atoms with Gasteiger partial charge in [-0.1, -0.05) is 35.9 Å². The second-order valence-electron chi connectivity index (χ2n) is 4.65. The number of halogens is 2. The van der Waals surface area contributed by atoms with Gasteiger partial charge in [-0.2, -0.15) is 5.10 Å². The molecule has 5 heteroatoms. The van der Waals surface area contributed by atoms with Gasteiger partial charge in [0.05, 0.1) is 22.4 Å². The van der Waals surface area contributed by atoms with Gasteiger partial charge in [-0.15, -0.1) is 0 Å². The molecule has 1 heterocycles. The molecule has 106 valence electrons. The van der Waals surface area contributed by atoms with Crippen LogP contribution in [0.1, 0.15) is 17.3 Å². The molecule has 0 saturated carbocycles. The fourth-order valence-electron chi connectivity index (χ4n) is 2.21. The molecule has 21 heavy (non-hydrogen) atoms. The lowest BCUT2D eigenvalue weighted by Gasteiger charge is -2.15. The van der Waals surface area contributed by atoms with Crippen molar-refractivity contribution in [1.82, 2.24) is 9.78 Å². The maximum Gasteiger partial charge on any atom is 0.141 e. The molecule has 3 nitrogen and oxygen atoms in total. The molecule has 0 radical (unpaired) electrons. The molecule has 0 amide bonds. The molecule has 0 saturated heterocycles. The van der Waals surface area contributed by atoms with Gasteiger partial charge < -0.3 is 5.73 Å². The number of benzene rings is 2. The summed E-state index contributed by atoms with van der Waals surface area (Å²) in [5.41, 5.74) is 8.74. The van der Waals surface area contributed by atoms with Gasteiger partial charge in [-0.05, 0) is 35.9 Å². The smallest absolute Gasteiger partial charge is 0.141 e. The lowest BCUT2D eigenvalue weighted by atomic mass is 10.0. The second kappa shape index (κ2) is 5.68. The van der Waals surface area contributed by atoms with Crippen LogP contribution in [-0.4, -0.2) is 9.78 Å². The largest absolute Gasteiger partial charge is 0.319 e. The summed E-state index contributed by atoms with van der Waals surface area (Å²) in [7, 11) is 0. The van der Waals surface area contributed by atoms with E-state index < -0.39 is 11.9 Å². The van der Waals surface area contributed by atoms with Crippen LogP contribution in [0.5, 0.6) is 0 Å². The van der Waals surface area contributed by atoms with Crippen LogP contribution in [0.2, 0.25) is 5.02 Å². The molecule has 3 aromatic rings. The molecule has 0 aliphatic carbocycles. The van der Waals surface area contributed by atoms with E-state index in [1.807, 2.05) is 36.4 Å². The Morgan fingerprint density at radius 1 is 1.10 bits per heavy atom. The highest BCUT2D eigenvalue weighted by molar-refractivity contribution is 6.30.